The highest BCUT2D eigenvalue weighted by Gasteiger charge is 2.23. The highest BCUT2D eigenvalue weighted by Crippen LogP contribution is 2.36. The van der Waals surface area contributed by atoms with Gasteiger partial charge in [0.15, 0.2) is 0 Å². The Morgan fingerprint density at radius 2 is 1.79 bits per heavy atom. The maximum Gasteiger partial charge on any atom is 0.260 e. The van der Waals surface area contributed by atoms with Gasteiger partial charge in [0.05, 0.1) is 5.39 Å². The normalized spacial score (nSPS) is 15.4. The molecule has 0 aliphatic heterocycles. The van der Waals surface area contributed by atoms with Crippen molar-refractivity contribution < 1.29 is 9.47 Å². The Labute approximate surface area is 197 Å². The Morgan fingerprint density at radius 3 is 2.55 bits per heavy atom. The highest BCUT2D eigenvalue weighted by atomic mass is 32.1. The molecule has 0 unspecified atom stereocenters. The van der Waals surface area contributed by atoms with Crippen LogP contribution in [0.25, 0.3) is 21.6 Å². The zero-order valence-corrected chi connectivity index (χ0v) is 20.1. The lowest BCUT2D eigenvalue weighted by molar-refractivity contribution is 0.215. The van der Waals surface area contributed by atoms with Crippen LogP contribution < -0.4 is 15.0 Å². The maximum absolute atomic E-state index is 12.9. The van der Waals surface area contributed by atoms with Gasteiger partial charge in [-0.2, -0.15) is 0 Å². The third-order valence-corrected chi connectivity index (χ3v) is 7.45. The number of hydrogen-bond donors (Lipinski definition) is 1. The lowest BCUT2D eigenvalue weighted by Crippen LogP contribution is -2.13. The number of aryl methyl sites for hydroxylation is 3. The van der Waals surface area contributed by atoms with Gasteiger partial charge >= 0.3 is 0 Å². The van der Waals surface area contributed by atoms with Crippen LogP contribution in [0.5, 0.6) is 11.5 Å². The molecular formula is C27H28N2O3S. The Kier molecular flexibility index (Phi) is 5.94. The van der Waals surface area contributed by atoms with Crippen LogP contribution in [0.2, 0.25) is 0 Å². The number of aromatic nitrogens is 2. The van der Waals surface area contributed by atoms with E-state index >= 15 is 0 Å². The molecule has 2 heterocycles. The zero-order valence-electron chi connectivity index (χ0n) is 19.2. The Morgan fingerprint density at radius 1 is 1.06 bits per heavy atom. The number of thiophene rings is 1. The second-order valence-electron chi connectivity index (χ2n) is 8.89. The van der Waals surface area contributed by atoms with Crippen LogP contribution in [-0.4, -0.2) is 23.2 Å². The first-order valence-electron chi connectivity index (χ1n) is 11.5. The standard InChI is InChI=1S/C27H28N2O3S/c1-16-7-12-21-22(15-16)33-27-23(21)26(30)28-25(29-27)19-8-10-20(11-9-19)31-13-14-32-24-17(2)5-4-6-18(24)3/h4-6,8-11,16H,7,12-15H2,1-3H3,(H,28,29,30)/t16-/m1/s1. The molecule has 2 aromatic carbocycles. The molecule has 0 amide bonds. The fraction of sp³-hybridized carbons (Fsp3) is 0.333. The summed E-state index contributed by atoms with van der Waals surface area (Å²) < 4.78 is 11.7. The van der Waals surface area contributed by atoms with E-state index in [0.717, 1.165) is 57.7 Å². The molecular weight excluding hydrogens is 432 g/mol. The van der Waals surface area contributed by atoms with Crippen molar-refractivity contribution in [2.24, 2.45) is 5.92 Å². The third kappa shape index (κ3) is 4.40. The van der Waals surface area contributed by atoms with Gasteiger partial charge in [0.1, 0.15) is 35.4 Å². The molecule has 1 aliphatic carbocycles. The second-order valence-corrected chi connectivity index (χ2v) is 9.97. The molecule has 5 rings (SSSR count). The molecule has 6 heteroatoms. The van der Waals surface area contributed by atoms with E-state index in [9.17, 15) is 4.79 Å². The second kappa shape index (κ2) is 9.02. The number of fused-ring (bicyclic) bond motifs is 3. The molecule has 5 nitrogen and oxygen atoms in total. The Bertz CT molecular complexity index is 1330. The molecule has 0 saturated heterocycles. The van der Waals surface area contributed by atoms with E-state index in [1.54, 1.807) is 11.3 Å². The van der Waals surface area contributed by atoms with Gasteiger partial charge in [-0.25, -0.2) is 4.98 Å². The summed E-state index contributed by atoms with van der Waals surface area (Å²) in [6, 6.07) is 13.8. The molecule has 0 saturated carbocycles. The first-order valence-corrected chi connectivity index (χ1v) is 12.3. The summed E-state index contributed by atoms with van der Waals surface area (Å²) in [4.78, 5) is 22.8. The van der Waals surface area contributed by atoms with Gasteiger partial charge in [0, 0.05) is 10.4 Å². The van der Waals surface area contributed by atoms with Crippen molar-refractivity contribution in [3.8, 4) is 22.9 Å². The molecule has 1 atom stereocenters. The molecule has 0 fully saturated rings. The molecule has 1 N–H and O–H groups in total. The van der Waals surface area contributed by atoms with Gasteiger partial charge in [-0.15, -0.1) is 11.3 Å². The lowest BCUT2D eigenvalue weighted by Gasteiger charge is -2.17. The Balaban J connectivity index is 1.27. The number of benzene rings is 2. The minimum Gasteiger partial charge on any atom is -0.490 e. The number of aromatic amines is 1. The molecule has 33 heavy (non-hydrogen) atoms. The van der Waals surface area contributed by atoms with E-state index in [-0.39, 0.29) is 5.56 Å². The summed E-state index contributed by atoms with van der Waals surface area (Å²) in [6.07, 6.45) is 3.15. The minimum absolute atomic E-state index is 0.0361. The predicted molar refractivity (Wildman–Crippen MR) is 134 cm³/mol. The number of para-hydroxylation sites is 1. The van der Waals surface area contributed by atoms with E-state index in [2.05, 4.69) is 11.9 Å². The van der Waals surface area contributed by atoms with Crippen LogP contribution in [0.3, 0.4) is 0 Å². The SMILES string of the molecule is Cc1cccc(C)c1OCCOc1ccc(-c2nc3sc4c(c3c(=O)[nH]2)CC[C@@H](C)C4)cc1. The summed E-state index contributed by atoms with van der Waals surface area (Å²) in [6.45, 7) is 7.29. The summed E-state index contributed by atoms with van der Waals surface area (Å²) in [5, 5.41) is 0.787. The van der Waals surface area contributed by atoms with Crippen LogP contribution >= 0.6 is 11.3 Å². The third-order valence-electron chi connectivity index (χ3n) is 6.30. The number of nitrogens with zero attached hydrogens (tertiary/aromatic N) is 1. The quantitative estimate of drug-likeness (QED) is 0.367. The Hall–Kier alpha value is -3.12. The summed E-state index contributed by atoms with van der Waals surface area (Å²) in [5.41, 5.74) is 4.29. The fourth-order valence-electron chi connectivity index (χ4n) is 4.52. The maximum atomic E-state index is 12.9. The van der Waals surface area contributed by atoms with E-state index in [1.807, 2.05) is 56.3 Å². The van der Waals surface area contributed by atoms with Crippen molar-refractivity contribution in [1.82, 2.24) is 9.97 Å². The van der Waals surface area contributed by atoms with Gasteiger partial charge in [-0.05, 0) is 80.0 Å². The van der Waals surface area contributed by atoms with Crippen LogP contribution in [0, 0.1) is 19.8 Å². The molecule has 1 aliphatic rings. The van der Waals surface area contributed by atoms with E-state index in [1.165, 1.54) is 10.4 Å². The average Bonchev–Trinajstić information content (AvgIpc) is 3.16. The van der Waals surface area contributed by atoms with Gasteiger partial charge in [0.25, 0.3) is 5.56 Å². The predicted octanol–water partition coefficient (Wildman–Crippen LogP) is 5.85. The zero-order chi connectivity index (χ0) is 22.9. The number of H-pyrrole nitrogens is 1. The van der Waals surface area contributed by atoms with Crippen LogP contribution in [0.4, 0.5) is 0 Å². The molecule has 0 spiro atoms. The van der Waals surface area contributed by atoms with Gasteiger partial charge < -0.3 is 14.5 Å². The average molecular weight is 461 g/mol. The first kappa shape index (κ1) is 21.7. The van der Waals surface area contributed by atoms with Gasteiger partial charge in [-0.3, -0.25) is 4.79 Å². The largest absolute Gasteiger partial charge is 0.490 e. The van der Waals surface area contributed by atoms with E-state index in [4.69, 9.17) is 14.5 Å². The van der Waals surface area contributed by atoms with Gasteiger partial charge in [0.2, 0.25) is 0 Å². The molecule has 0 radical (unpaired) electrons. The van der Waals surface area contributed by atoms with Crippen LogP contribution in [0.1, 0.15) is 34.9 Å². The summed E-state index contributed by atoms with van der Waals surface area (Å²) in [5.74, 6) is 2.95. The van der Waals surface area contributed by atoms with Crippen molar-refractivity contribution in [3.63, 3.8) is 0 Å². The topological polar surface area (TPSA) is 64.2 Å². The van der Waals surface area contributed by atoms with Crippen molar-refractivity contribution in [2.45, 2.75) is 40.0 Å². The smallest absolute Gasteiger partial charge is 0.260 e. The number of nitrogens with one attached hydrogen (secondary N) is 1. The fourth-order valence-corrected chi connectivity index (χ4v) is 5.91. The van der Waals surface area contributed by atoms with Crippen molar-refractivity contribution in [1.29, 1.82) is 0 Å². The molecule has 170 valence electrons. The summed E-state index contributed by atoms with van der Waals surface area (Å²) >= 11 is 1.67. The molecule has 2 aromatic heterocycles. The molecule has 0 bridgehead atoms. The first-order chi connectivity index (χ1) is 16.0. The van der Waals surface area contributed by atoms with Crippen molar-refractivity contribution >= 4 is 21.6 Å². The van der Waals surface area contributed by atoms with Crippen molar-refractivity contribution in [2.75, 3.05) is 13.2 Å². The van der Waals surface area contributed by atoms with Crippen LogP contribution in [-0.2, 0) is 12.8 Å². The van der Waals surface area contributed by atoms with E-state index in [0.29, 0.717) is 25.0 Å². The van der Waals surface area contributed by atoms with E-state index < -0.39 is 0 Å². The number of hydrogen-bond acceptors (Lipinski definition) is 5. The van der Waals surface area contributed by atoms with Gasteiger partial charge in [-0.1, -0.05) is 25.1 Å². The summed E-state index contributed by atoms with van der Waals surface area (Å²) in [7, 11) is 0. The number of rotatable bonds is 6. The lowest BCUT2D eigenvalue weighted by atomic mass is 9.89. The van der Waals surface area contributed by atoms with Crippen LogP contribution in [0.15, 0.2) is 47.3 Å². The highest BCUT2D eigenvalue weighted by molar-refractivity contribution is 7.18. The molecule has 4 aromatic rings. The number of ether oxygens (including phenoxy) is 2. The monoisotopic (exact) mass is 460 g/mol. The van der Waals surface area contributed by atoms with Crippen molar-refractivity contribution in [3.05, 3.63) is 74.4 Å². The minimum atomic E-state index is -0.0361.